The van der Waals surface area contributed by atoms with Gasteiger partial charge in [0.15, 0.2) is 5.78 Å². The molecule has 0 bridgehead atoms. The standard InChI is InChI=1S/C22H22O4/c1-25-13-17-18(14-26-2)20(21(23)16-11-7-4-8-12-16)22(24)19(17)15-9-5-3-6-10-15/h3-12,19,23H,13-14H2,1-2H3/b21-20-. The Labute approximate surface area is 153 Å². The highest BCUT2D eigenvalue weighted by molar-refractivity contribution is 6.14. The van der Waals surface area contributed by atoms with E-state index < -0.39 is 5.92 Å². The average Bonchev–Trinajstić information content (AvgIpc) is 2.94. The van der Waals surface area contributed by atoms with Gasteiger partial charge in [0.2, 0.25) is 0 Å². The minimum atomic E-state index is -0.470. The lowest BCUT2D eigenvalue weighted by molar-refractivity contribution is -0.115. The molecule has 4 heteroatoms. The zero-order valence-electron chi connectivity index (χ0n) is 14.9. The summed E-state index contributed by atoms with van der Waals surface area (Å²) in [5, 5.41) is 10.9. The minimum absolute atomic E-state index is 0.0188. The van der Waals surface area contributed by atoms with Crippen LogP contribution in [0, 0.1) is 0 Å². The Hall–Kier alpha value is -2.69. The summed E-state index contributed by atoms with van der Waals surface area (Å²) >= 11 is 0. The number of ether oxygens (including phenoxy) is 2. The van der Waals surface area contributed by atoms with Crippen LogP contribution in [0.4, 0.5) is 0 Å². The molecule has 4 nitrogen and oxygen atoms in total. The molecule has 26 heavy (non-hydrogen) atoms. The molecule has 0 radical (unpaired) electrons. The fourth-order valence-electron chi connectivity index (χ4n) is 3.42. The monoisotopic (exact) mass is 350 g/mol. The third-order valence-electron chi connectivity index (χ3n) is 4.55. The van der Waals surface area contributed by atoms with Gasteiger partial charge in [0.1, 0.15) is 5.76 Å². The Balaban J connectivity index is 2.20. The summed E-state index contributed by atoms with van der Waals surface area (Å²) in [5.74, 6) is -0.617. The number of Topliss-reactive ketones (excluding diaryl/α,β-unsaturated/α-hetero) is 1. The Kier molecular flexibility index (Phi) is 5.66. The van der Waals surface area contributed by atoms with E-state index in [0.717, 1.165) is 11.1 Å². The largest absolute Gasteiger partial charge is 0.507 e. The van der Waals surface area contributed by atoms with Gasteiger partial charge in [0, 0.05) is 19.8 Å². The Morgan fingerprint density at radius 3 is 2.08 bits per heavy atom. The first-order valence-corrected chi connectivity index (χ1v) is 8.47. The van der Waals surface area contributed by atoms with Gasteiger partial charge >= 0.3 is 0 Å². The first-order chi connectivity index (χ1) is 12.7. The second kappa shape index (κ2) is 8.13. The lowest BCUT2D eigenvalue weighted by Gasteiger charge is -2.14. The second-order valence-corrected chi connectivity index (χ2v) is 6.17. The van der Waals surface area contributed by atoms with Crippen LogP contribution < -0.4 is 0 Å². The minimum Gasteiger partial charge on any atom is -0.507 e. The van der Waals surface area contributed by atoms with E-state index in [1.807, 2.05) is 48.5 Å². The van der Waals surface area contributed by atoms with Crippen molar-refractivity contribution >= 4 is 11.5 Å². The van der Waals surface area contributed by atoms with Crippen LogP contribution in [0.2, 0.25) is 0 Å². The smallest absolute Gasteiger partial charge is 0.178 e. The van der Waals surface area contributed by atoms with Crippen molar-refractivity contribution in [1.82, 2.24) is 0 Å². The predicted molar refractivity (Wildman–Crippen MR) is 101 cm³/mol. The number of rotatable bonds is 6. The van der Waals surface area contributed by atoms with Crippen molar-refractivity contribution < 1.29 is 19.4 Å². The molecule has 0 saturated carbocycles. The van der Waals surface area contributed by atoms with E-state index in [0.29, 0.717) is 23.3 Å². The predicted octanol–water partition coefficient (Wildman–Crippen LogP) is 3.91. The molecule has 1 aliphatic rings. The second-order valence-electron chi connectivity index (χ2n) is 6.17. The molecule has 3 rings (SSSR count). The van der Waals surface area contributed by atoms with E-state index in [1.165, 1.54) is 0 Å². The molecule has 1 N–H and O–H groups in total. The van der Waals surface area contributed by atoms with Gasteiger partial charge in [-0.2, -0.15) is 0 Å². The number of carbonyl (C=O) groups excluding carboxylic acids is 1. The lowest BCUT2D eigenvalue weighted by Crippen LogP contribution is -2.13. The number of aliphatic hydroxyl groups is 1. The molecule has 1 aliphatic carbocycles. The molecular formula is C22H22O4. The van der Waals surface area contributed by atoms with E-state index in [1.54, 1.807) is 26.4 Å². The summed E-state index contributed by atoms with van der Waals surface area (Å²) in [4.78, 5) is 13.3. The van der Waals surface area contributed by atoms with Crippen molar-refractivity contribution in [1.29, 1.82) is 0 Å². The first kappa shape index (κ1) is 18.1. The summed E-state index contributed by atoms with van der Waals surface area (Å²) in [6.45, 7) is 0.537. The number of aliphatic hydroxyl groups excluding tert-OH is 1. The summed E-state index contributed by atoms with van der Waals surface area (Å²) in [7, 11) is 3.18. The van der Waals surface area contributed by atoms with E-state index in [4.69, 9.17) is 9.47 Å². The number of methoxy groups -OCH3 is 2. The molecule has 2 aromatic carbocycles. The number of carbonyl (C=O) groups is 1. The van der Waals surface area contributed by atoms with Gasteiger partial charge in [0.25, 0.3) is 0 Å². The molecule has 1 unspecified atom stereocenters. The number of ketones is 1. The molecule has 0 fully saturated rings. The number of hydrogen-bond donors (Lipinski definition) is 1. The molecule has 134 valence electrons. The quantitative estimate of drug-likeness (QED) is 0.634. The molecule has 2 aromatic rings. The summed E-state index contributed by atoms with van der Waals surface area (Å²) in [6.07, 6.45) is 0. The lowest BCUT2D eigenvalue weighted by atomic mass is 9.91. The van der Waals surface area contributed by atoms with Gasteiger partial charge in [0.05, 0.1) is 24.7 Å². The maximum absolute atomic E-state index is 13.3. The maximum atomic E-state index is 13.3. The van der Waals surface area contributed by atoms with Crippen molar-refractivity contribution in [2.45, 2.75) is 5.92 Å². The van der Waals surface area contributed by atoms with E-state index in [2.05, 4.69) is 0 Å². The van der Waals surface area contributed by atoms with Gasteiger partial charge in [-0.05, 0) is 16.7 Å². The van der Waals surface area contributed by atoms with E-state index >= 15 is 0 Å². The highest BCUT2D eigenvalue weighted by atomic mass is 16.5. The van der Waals surface area contributed by atoms with Crippen molar-refractivity contribution in [3.05, 3.63) is 88.5 Å². The fourth-order valence-corrected chi connectivity index (χ4v) is 3.42. The van der Waals surface area contributed by atoms with Crippen LogP contribution in [0.1, 0.15) is 17.0 Å². The average molecular weight is 350 g/mol. The van der Waals surface area contributed by atoms with E-state index in [-0.39, 0.29) is 18.1 Å². The normalized spacial score (nSPS) is 19.2. The zero-order chi connectivity index (χ0) is 18.5. The van der Waals surface area contributed by atoms with Gasteiger partial charge in [-0.1, -0.05) is 60.7 Å². The molecule has 0 aromatic heterocycles. The highest BCUT2D eigenvalue weighted by Gasteiger charge is 2.40. The maximum Gasteiger partial charge on any atom is 0.178 e. The molecule has 0 heterocycles. The van der Waals surface area contributed by atoms with E-state index in [9.17, 15) is 9.90 Å². The molecule has 0 saturated heterocycles. The molecule has 1 atom stereocenters. The van der Waals surface area contributed by atoms with Gasteiger partial charge in [-0.15, -0.1) is 0 Å². The molecule has 0 amide bonds. The summed E-state index contributed by atoms with van der Waals surface area (Å²) in [5.41, 5.74) is 3.35. The third-order valence-corrected chi connectivity index (χ3v) is 4.55. The summed E-state index contributed by atoms with van der Waals surface area (Å²) in [6, 6.07) is 18.7. The SMILES string of the molecule is COCC1=C(COC)C(c2ccccc2)C(=O)/C1=C(\O)c1ccccc1. The van der Waals surface area contributed by atoms with Crippen molar-refractivity contribution in [2.24, 2.45) is 0 Å². The Morgan fingerprint density at radius 1 is 0.923 bits per heavy atom. The van der Waals surface area contributed by atoms with Gasteiger partial charge in [-0.3, -0.25) is 4.79 Å². The van der Waals surface area contributed by atoms with Crippen LogP contribution in [0.5, 0.6) is 0 Å². The molecule has 0 aliphatic heterocycles. The number of hydrogen-bond acceptors (Lipinski definition) is 4. The number of benzene rings is 2. The van der Waals surface area contributed by atoms with Crippen molar-refractivity contribution in [2.75, 3.05) is 27.4 Å². The van der Waals surface area contributed by atoms with Crippen LogP contribution in [-0.4, -0.2) is 38.3 Å². The Morgan fingerprint density at radius 2 is 1.50 bits per heavy atom. The fraction of sp³-hybridized carbons (Fsp3) is 0.227. The van der Waals surface area contributed by atoms with Crippen molar-refractivity contribution in [3.8, 4) is 0 Å². The van der Waals surface area contributed by atoms with Crippen LogP contribution in [0.25, 0.3) is 5.76 Å². The van der Waals surface area contributed by atoms with Gasteiger partial charge in [-0.25, -0.2) is 0 Å². The zero-order valence-corrected chi connectivity index (χ0v) is 14.9. The topological polar surface area (TPSA) is 55.8 Å². The van der Waals surface area contributed by atoms with Crippen LogP contribution >= 0.6 is 0 Å². The van der Waals surface area contributed by atoms with Crippen molar-refractivity contribution in [3.63, 3.8) is 0 Å². The van der Waals surface area contributed by atoms with Crippen LogP contribution in [0.15, 0.2) is 77.4 Å². The van der Waals surface area contributed by atoms with Crippen LogP contribution in [-0.2, 0) is 14.3 Å². The highest BCUT2D eigenvalue weighted by Crippen LogP contribution is 2.42. The molecule has 0 spiro atoms. The Bertz CT molecular complexity index is 835. The third kappa shape index (κ3) is 3.34. The van der Waals surface area contributed by atoms with Crippen LogP contribution in [0.3, 0.4) is 0 Å². The first-order valence-electron chi connectivity index (χ1n) is 8.47. The summed E-state index contributed by atoms with van der Waals surface area (Å²) < 4.78 is 10.7. The van der Waals surface area contributed by atoms with Gasteiger partial charge < -0.3 is 14.6 Å². The molecular weight excluding hydrogens is 328 g/mol.